The summed E-state index contributed by atoms with van der Waals surface area (Å²) in [5.41, 5.74) is 3.88. The van der Waals surface area contributed by atoms with E-state index in [0.717, 1.165) is 5.56 Å². The average Bonchev–Trinajstić information content (AvgIpc) is 2.60. The van der Waals surface area contributed by atoms with Crippen molar-refractivity contribution >= 4 is 39.7 Å². The number of benzene rings is 2. The molecular formula is C18H18BrClN2O4. The molecule has 6 nitrogen and oxygen atoms in total. The van der Waals surface area contributed by atoms with Gasteiger partial charge in [-0.25, -0.2) is 5.43 Å². The van der Waals surface area contributed by atoms with Crippen LogP contribution in [0, 0.1) is 6.92 Å². The first-order valence-corrected chi connectivity index (χ1v) is 8.81. The molecule has 1 unspecified atom stereocenters. The number of methoxy groups -OCH3 is 1. The van der Waals surface area contributed by atoms with E-state index in [9.17, 15) is 9.90 Å². The summed E-state index contributed by atoms with van der Waals surface area (Å²) in [4.78, 5) is 12.1. The molecule has 0 fully saturated rings. The summed E-state index contributed by atoms with van der Waals surface area (Å²) in [5, 5.41) is 14.3. The molecule has 8 heteroatoms. The number of aryl methyl sites for hydroxylation is 1. The fourth-order valence-corrected chi connectivity index (χ4v) is 2.76. The third-order valence-electron chi connectivity index (χ3n) is 3.47. The summed E-state index contributed by atoms with van der Waals surface area (Å²) in [6.07, 6.45) is 0.693. The van der Waals surface area contributed by atoms with Crippen molar-refractivity contribution in [3.8, 4) is 17.2 Å². The standard InChI is InChI=1S/C18H18BrClN2O4/c1-10-6-13(20)4-5-15(10)26-11(2)18(24)22-21-9-12-7-14(19)17(23)16(8-12)25-3/h4-9,11,23H,1-3H3,(H,22,24)/b21-9+. The Morgan fingerprint density at radius 1 is 1.35 bits per heavy atom. The van der Waals surface area contributed by atoms with E-state index in [-0.39, 0.29) is 5.75 Å². The van der Waals surface area contributed by atoms with Crippen molar-refractivity contribution in [2.45, 2.75) is 20.0 Å². The molecule has 0 radical (unpaired) electrons. The van der Waals surface area contributed by atoms with Crippen LogP contribution >= 0.6 is 27.5 Å². The van der Waals surface area contributed by atoms with Crippen molar-refractivity contribution in [1.29, 1.82) is 0 Å². The molecule has 0 spiro atoms. The Bertz CT molecular complexity index is 842. The van der Waals surface area contributed by atoms with Gasteiger partial charge in [0, 0.05) is 5.02 Å². The minimum Gasteiger partial charge on any atom is -0.503 e. The van der Waals surface area contributed by atoms with Gasteiger partial charge in [-0.3, -0.25) is 4.79 Å². The highest BCUT2D eigenvalue weighted by atomic mass is 79.9. The first-order valence-electron chi connectivity index (χ1n) is 7.64. The molecule has 0 heterocycles. The number of amides is 1. The maximum Gasteiger partial charge on any atom is 0.280 e. The van der Waals surface area contributed by atoms with Gasteiger partial charge in [0.05, 0.1) is 17.8 Å². The molecule has 0 aliphatic heterocycles. The largest absolute Gasteiger partial charge is 0.503 e. The number of phenolic OH excluding ortho intramolecular Hbond substituents is 1. The predicted molar refractivity (Wildman–Crippen MR) is 104 cm³/mol. The molecule has 138 valence electrons. The van der Waals surface area contributed by atoms with Gasteiger partial charge in [-0.2, -0.15) is 5.10 Å². The predicted octanol–water partition coefficient (Wildman–Crippen LogP) is 4.04. The molecular weight excluding hydrogens is 424 g/mol. The Hall–Kier alpha value is -2.25. The molecule has 0 saturated carbocycles. The Balaban J connectivity index is 1.99. The fourth-order valence-electron chi connectivity index (χ4n) is 2.07. The minimum atomic E-state index is -0.742. The maximum absolute atomic E-state index is 12.1. The molecule has 0 saturated heterocycles. The lowest BCUT2D eigenvalue weighted by Crippen LogP contribution is -2.33. The fraction of sp³-hybridized carbons (Fsp3) is 0.222. The second-order valence-corrected chi connectivity index (χ2v) is 6.75. The van der Waals surface area contributed by atoms with E-state index in [0.29, 0.717) is 26.6 Å². The number of nitrogens with one attached hydrogen (secondary N) is 1. The summed E-state index contributed by atoms with van der Waals surface area (Å²) in [6, 6.07) is 8.40. The van der Waals surface area contributed by atoms with Crippen LogP contribution in [-0.4, -0.2) is 30.4 Å². The Morgan fingerprint density at radius 3 is 2.73 bits per heavy atom. The normalized spacial score (nSPS) is 12.0. The lowest BCUT2D eigenvalue weighted by Gasteiger charge is -2.15. The van der Waals surface area contributed by atoms with Gasteiger partial charge >= 0.3 is 0 Å². The van der Waals surface area contributed by atoms with Crippen LogP contribution < -0.4 is 14.9 Å². The van der Waals surface area contributed by atoms with Gasteiger partial charge in [0.15, 0.2) is 17.6 Å². The van der Waals surface area contributed by atoms with E-state index in [1.807, 2.05) is 6.92 Å². The number of aromatic hydroxyl groups is 1. The van der Waals surface area contributed by atoms with Crippen LogP contribution in [0.4, 0.5) is 0 Å². The van der Waals surface area contributed by atoms with Crippen LogP contribution in [0.1, 0.15) is 18.1 Å². The van der Waals surface area contributed by atoms with E-state index >= 15 is 0 Å². The van der Waals surface area contributed by atoms with Crippen LogP contribution in [0.2, 0.25) is 5.02 Å². The molecule has 1 atom stereocenters. The minimum absolute atomic E-state index is 0.00552. The van der Waals surface area contributed by atoms with Gasteiger partial charge in [-0.05, 0) is 71.2 Å². The van der Waals surface area contributed by atoms with E-state index in [1.54, 1.807) is 37.3 Å². The molecule has 0 aliphatic carbocycles. The monoisotopic (exact) mass is 440 g/mol. The molecule has 1 amide bonds. The highest BCUT2D eigenvalue weighted by Crippen LogP contribution is 2.34. The van der Waals surface area contributed by atoms with Crippen LogP contribution in [0.25, 0.3) is 0 Å². The van der Waals surface area contributed by atoms with E-state index < -0.39 is 12.0 Å². The first kappa shape index (κ1) is 20.1. The van der Waals surface area contributed by atoms with E-state index in [1.165, 1.54) is 13.3 Å². The SMILES string of the molecule is COc1cc(/C=N/NC(=O)C(C)Oc2ccc(Cl)cc2C)cc(Br)c1O. The summed E-state index contributed by atoms with van der Waals surface area (Å²) in [6.45, 7) is 3.47. The summed E-state index contributed by atoms with van der Waals surface area (Å²) in [7, 11) is 1.45. The Labute approximate surface area is 164 Å². The summed E-state index contributed by atoms with van der Waals surface area (Å²) in [5.74, 6) is 0.463. The van der Waals surface area contributed by atoms with Crippen molar-refractivity contribution in [3.05, 3.63) is 51.0 Å². The number of hydrogen-bond acceptors (Lipinski definition) is 5. The third-order valence-corrected chi connectivity index (χ3v) is 4.31. The number of phenols is 1. The summed E-state index contributed by atoms with van der Waals surface area (Å²) >= 11 is 9.13. The average molecular weight is 442 g/mol. The van der Waals surface area contributed by atoms with Crippen LogP contribution in [0.5, 0.6) is 17.2 Å². The second kappa shape index (κ2) is 8.91. The lowest BCUT2D eigenvalue weighted by atomic mass is 10.2. The van der Waals surface area contributed by atoms with E-state index in [4.69, 9.17) is 21.1 Å². The highest BCUT2D eigenvalue weighted by molar-refractivity contribution is 9.10. The molecule has 26 heavy (non-hydrogen) atoms. The topological polar surface area (TPSA) is 80.2 Å². The molecule has 2 aromatic carbocycles. The summed E-state index contributed by atoms with van der Waals surface area (Å²) < 4.78 is 11.1. The van der Waals surface area contributed by atoms with Crippen molar-refractivity contribution in [1.82, 2.24) is 5.43 Å². The molecule has 0 aliphatic rings. The number of hydrogen-bond donors (Lipinski definition) is 2. The van der Waals surface area contributed by atoms with Crippen molar-refractivity contribution in [2.75, 3.05) is 7.11 Å². The van der Waals surface area contributed by atoms with Gasteiger partial charge in [-0.1, -0.05) is 11.6 Å². The third kappa shape index (κ3) is 5.12. The second-order valence-electron chi connectivity index (χ2n) is 5.46. The number of nitrogens with zero attached hydrogens (tertiary/aromatic N) is 1. The zero-order valence-corrected chi connectivity index (χ0v) is 16.8. The zero-order valence-electron chi connectivity index (χ0n) is 14.4. The van der Waals surface area contributed by atoms with Crippen molar-refractivity contribution in [3.63, 3.8) is 0 Å². The Morgan fingerprint density at radius 2 is 2.08 bits per heavy atom. The lowest BCUT2D eigenvalue weighted by molar-refractivity contribution is -0.127. The molecule has 2 aromatic rings. The van der Waals surface area contributed by atoms with Gasteiger partial charge in [0.2, 0.25) is 0 Å². The smallest absolute Gasteiger partial charge is 0.280 e. The number of carbonyl (C=O) groups is 1. The van der Waals surface area contributed by atoms with Gasteiger partial charge in [0.25, 0.3) is 5.91 Å². The number of carbonyl (C=O) groups excluding carboxylic acids is 1. The molecule has 2 N–H and O–H groups in total. The van der Waals surface area contributed by atoms with Gasteiger partial charge in [0.1, 0.15) is 5.75 Å². The van der Waals surface area contributed by atoms with Gasteiger partial charge < -0.3 is 14.6 Å². The van der Waals surface area contributed by atoms with Crippen LogP contribution in [0.15, 0.2) is 39.9 Å². The number of halogens is 2. The molecule has 0 bridgehead atoms. The zero-order chi connectivity index (χ0) is 19.3. The van der Waals surface area contributed by atoms with E-state index in [2.05, 4.69) is 26.5 Å². The maximum atomic E-state index is 12.1. The molecule has 2 rings (SSSR count). The highest BCUT2D eigenvalue weighted by Gasteiger charge is 2.15. The number of hydrazone groups is 1. The molecule has 0 aromatic heterocycles. The van der Waals surface area contributed by atoms with Crippen LogP contribution in [0.3, 0.4) is 0 Å². The quantitative estimate of drug-likeness (QED) is 0.524. The van der Waals surface area contributed by atoms with Crippen LogP contribution in [-0.2, 0) is 4.79 Å². The van der Waals surface area contributed by atoms with Gasteiger partial charge in [-0.15, -0.1) is 0 Å². The number of rotatable bonds is 6. The Kier molecular flexibility index (Phi) is 6.88. The first-order chi connectivity index (χ1) is 12.3. The van der Waals surface area contributed by atoms with Crippen molar-refractivity contribution < 1.29 is 19.4 Å². The number of ether oxygens (including phenoxy) is 2. The van der Waals surface area contributed by atoms with Crippen molar-refractivity contribution in [2.24, 2.45) is 5.10 Å².